The number of hydrogen-bond donors (Lipinski definition) is 1. The number of nitrogens with zero attached hydrogens (tertiary/aromatic N) is 1. The summed E-state index contributed by atoms with van der Waals surface area (Å²) in [6.07, 6.45) is 0. The van der Waals surface area contributed by atoms with Crippen LogP contribution in [0.5, 0.6) is 0 Å². The van der Waals surface area contributed by atoms with Crippen molar-refractivity contribution >= 4 is 21.4 Å². The van der Waals surface area contributed by atoms with E-state index in [1.807, 2.05) is 32.0 Å². The lowest BCUT2D eigenvalue weighted by atomic mass is 10.2. The van der Waals surface area contributed by atoms with Crippen molar-refractivity contribution in [1.82, 2.24) is 9.88 Å². The fourth-order valence-corrected chi connectivity index (χ4v) is 2.90. The lowest BCUT2D eigenvalue weighted by molar-refractivity contribution is 0.442. The van der Waals surface area contributed by atoms with E-state index in [1.165, 1.54) is 4.57 Å². The zero-order chi connectivity index (χ0) is 13.8. The van der Waals surface area contributed by atoms with Gasteiger partial charge in [0, 0.05) is 11.2 Å². The summed E-state index contributed by atoms with van der Waals surface area (Å²) in [5.41, 5.74) is -0.178. The molecule has 2 rings (SSSR count). The third-order valence-electron chi connectivity index (χ3n) is 3.02. The van der Waals surface area contributed by atoms with Gasteiger partial charge in [-0.2, -0.15) is 0 Å². The van der Waals surface area contributed by atoms with Crippen LogP contribution in [0, 0.1) is 5.92 Å². The van der Waals surface area contributed by atoms with E-state index in [2.05, 4.69) is 5.32 Å². The SMILES string of the molecule is CCNCC(C)Cn1c(=O)sc2ccccc2c1=O. The number of aromatic nitrogens is 1. The molecular formula is C14H18N2O2S. The Morgan fingerprint density at radius 3 is 2.79 bits per heavy atom. The van der Waals surface area contributed by atoms with E-state index in [0.717, 1.165) is 29.1 Å². The molecular weight excluding hydrogens is 260 g/mol. The second-order valence-corrected chi connectivity index (χ2v) is 5.69. The number of benzene rings is 1. The predicted molar refractivity (Wildman–Crippen MR) is 80.1 cm³/mol. The average molecular weight is 278 g/mol. The van der Waals surface area contributed by atoms with Gasteiger partial charge in [-0.25, -0.2) is 0 Å². The first-order valence-electron chi connectivity index (χ1n) is 6.47. The average Bonchev–Trinajstić information content (AvgIpc) is 2.41. The predicted octanol–water partition coefficient (Wildman–Crippen LogP) is 1.67. The first-order valence-corrected chi connectivity index (χ1v) is 7.28. The molecule has 1 aromatic carbocycles. The van der Waals surface area contributed by atoms with E-state index in [0.29, 0.717) is 11.9 Å². The fourth-order valence-electron chi connectivity index (χ4n) is 2.03. The summed E-state index contributed by atoms with van der Waals surface area (Å²) in [4.78, 5) is 24.2. The molecule has 0 aliphatic carbocycles. The molecule has 0 fully saturated rings. The molecule has 1 unspecified atom stereocenters. The maximum absolute atomic E-state index is 12.3. The quantitative estimate of drug-likeness (QED) is 0.905. The fraction of sp³-hybridized carbons (Fsp3) is 0.429. The van der Waals surface area contributed by atoms with Gasteiger partial charge in [0.05, 0.1) is 5.39 Å². The molecule has 0 bridgehead atoms. The molecule has 0 spiro atoms. The number of rotatable bonds is 5. The summed E-state index contributed by atoms with van der Waals surface area (Å²) in [5.74, 6) is 0.249. The molecule has 0 aliphatic rings. The van der Waals surface area contributed by atoms with Crippen molar-refractivity contribution in [2.45, 2.75) is 20.4 Å². The molecule has 1 N–H and O–H groups in total. The molecule has 0 aliphatic heterocycles. The Morgan fingerprint density at radius 2 is 2.05 bits per heavy atom. The van der Waals surface area contributed by atoms with Crippen molar-refractivity contribution in [3.05, 3.63) is 44.3 Å². The first kappa shape index (κ1) is 14.0. The molecule has 0 amide bonds. The van der Waals surface area contributed by atoms with Crippen LogP contribution in [0.1, 0.15) is 13.8 Å². The van der Waals surface area contributed by atoms with Gasteiger partial charge in [0.15, 0.2) is 0 Å². The Kier molecular flexibility index (Phi) is 4.50. The Balaban J connectivity index is 2.38. The van der Waals surface area contributed by atoms with Gasteiger partial charge in [0.25, 0.3) is 5.56 Å². The van der Waals surface area contributed by atoms with Crippen molar-refractivity contribution < 1.29 is 0 Å². The summed E-state index contributed by atoms with van der Waals surface area (Å²) in [7, 11) is 0. The van der Waals surface area contributed by atoms with Gasteiger partial charge in [-0.1, -0.05) is 37.3 Å². The molecule has 5 heteroatoms. The summed E-state index contributed by atoms with van der Waals surface area (Å²) < 4.78 is 2.11. The Labute approximate surface area is 115 Å². The van der Waals surface area contributed by atoms with Crippen molar-refractivity contribution in [3.8, 4) is 0 Å². The highest BCUT2D eigenvalue weighted by Gasteiger charge is 2.10. The topological polar surface area (TPSA) is 51.1 Å². The highest BCUT2D eigenvalue weighted by molar-refractivity contribution is 7.16. The minimum Gasteiger partial charge on any atom is -0.317 e. The largest absolute Gasteiger partial charge is 0.317 e. The van der Waals surface area contributed by atoms with Crippen LogP contribution in [0.15, 0.2) is 33.9 Å². The first-order chi connectivity index (χ1) is 9.13. The van der Waals surface area contributed by atoms with E-state index in [-0.39, 0.29) is 16.4 Å². The van der Waals surface area contributed by atoms with Gasteiger partial charge >= 0.3 is 4.87 Å². The molecule has 102 valence electrons. The third kappa shape index (κ3) is 3.11. The molecule has 4 nitrogen and oxygen atoms in total. The summed E-state index contributed by atoms with van der Waals surface area (Å²) in [6, 6.07) is 7.26. The van der Waals surface area contributed by atoms with Crippen molar-refractivity contribution in [2.75, 3.05) is 13.1 Å². The van der Waals surface area contributed by atoms with Crippen LogP contribution < -0.4 is 15.7 Å². The number of fused-ring (bicyclic) bond motifs is 1. The monoisotopic (exact) mass is 278 g/mol. The summed E-state index contributed by atoms with van der Waals surface area (Å²) in [5, 5.41) is 3.86. The van der Waals surface area contributed by atoms with E-state index in [9.17, 15) is 9.59 Å². The van der Waals surface area contributed by atoms with Crippen LogP contribution in [-0.2, 0) is 6.54 Å². The normalized spacial score (nSPS) is 12.7. The Bertz CT molecular complexity index is 675. The number of hydrogen-bond acceptors (Lipinski definition) is 4. The van der Waals surface area contributed by atoms with E-state index in [1.54, 1.807) is 6.07 Å². The molecule has 1 aromatic heterocycles. The van der Waals surface area contributed by atoms with Gasteiger partial charge in [-0.15, -0.1) is 0 Å². The number of nitrogens with one attached hydrogen (secondary N) is 1. The minimum atomic E-state index is -0.178. The van der Waals surface area contributed by atoms with E-state index >= 15 is 0 Å². The lowest BCUT2D eigenvalue weighted by Gasteiger charge is -2.13. The van der Waals surface area contributed by atoms with Crippen molar-refractivity contribution in [3.63, 3.8) is 0 Å². The summed E-state index contributed by atoms with van der Waals surface area (Å²) >= 11 is 1.14. The second kappa shape index (κ2) is 6.12. The standard InChI is InChI=1S/C14H18N2O2S/c1-3-15-8-10(2)9-16-13(17)11-6-4-5-7-12(11)19-14(16)18/h4-7,10,15H,3,8-9H2,1-2H3. The highest BCUT2D eigenvalue weighted by atomic mass is 32.1. The maximum atomic E-state index is 12.3. The lowest BCUT2D eigenvalue weighted by Crippen LogP contribution is -2.35. The van der Waals surface area contributed by atoms with Gasteiger partial charge in [0.1, 0.15) is 0 Å². The van der Waals surface area contributed by atoms with Crippen LogP contribution >= 0.6 is 11.3 Å². The van der Waals surface area contributed by atoms with E-state index < -0.39 is 0 Å². The van der Waals surface area contributed by atoms with Crippen LogP contribution in [0.4, 0.5) is 0 Å². The Hall–Kier alpha value is -1.46. The van der Waals surface area contributed by atoms with Crippen LogP contribution in [0.25, 0.3) is 10.1 Å². The van der Waals surface area contributed by atoms with Crippen molar-refractivity contribution in [1.29, 1.82) is 0 Å². The molecule has 0 saturated heterocycles. The third-order valence-corrected chi connectivity index (χ3v) is 3.99. The van der Waals surface area contributed by atoms with Gasteiger partial charge in [-0.3, -0.25) is 14.2 Å². The van der Waals surface area contributed by atoms with Gasteiger partial charge < -0.3 is 5.32 Å². The maximum Gasteiger partial charge on any atom is 0.310 e. The smallest absolute Gasteiger partial charge is 0.310 e. The van der Waals surface area contributed by atoms with Crippen molar-refractivity contribution in [2.24, 2.45) is 5.92 Å². The highest BCUT2D eigenvalue weighted by Crippen LogP contribution is 2.11. The zero-order valence-electron chi connectivity index (χ0n) is 11.2. The summed E-state index contributed by atoms with van der Waals surface area (Å²) in [6.45, 7) is 6.24. The zero-order valence-corrected chi connectivity index (χ0v) is 12.0. The van der Waals surface area contributed by atoms with Crippen LogP contribution in [0.2, 0.25) is 0 Å². The second-order valence-electron chi connectivity index (χ2n) is 4.69. The minimum absolute atomic E-state index is 0.174. The molecule has 0 saturated carbocycles. The Morgan fingerprint density at radius 1 is 1.32 bits per heavy atom. The molecule has 1 atom stereocenters. The van der Waals surface area contributed by atoms with Gasteiger partial charge in [-0.05, 0) is 31.1 Å². The molecule has 1 heterocycles. The van der Waals surface area contributed by atoms with Crippen LogP contribution in [-0.4, -0.2) is 17.7 Å². The van der Waals surface area contributed by atoms with Gasteiger partial charge in [0.2, 0.25) is 0 Å². The molecule has 0 radical (unpaired) electrons. The molecule has 19 heavy (non-hydrogen) atoms. The molecule has 2 aromatic rings. The van der Waals surface area contributed by atoms with E-state index in [4.69, 9.17) is 0 Å². The van der Waals surface area contributed by atoms with Crippen LogP contribution in [0.3, 0.4) is 0 Å².